The lowest BCUT2D eigenvalue weighted by Crippen LogP contribution is -2.54. The molecule has 0 radical (unpaired) electrons. The Bertz CT molecular complexity index is 182. The quantitative estimate of drug-likeness (QED) is 0.625. The highest BCUT2D eigenvalue weighted by Crippen LogP contribution is 2.48. The van der Waals surface area contributed by atoms with Crippen LogP contribution in [0.1, 0.15) is 19.3 Å². The number of hydrogen-bond acceptors (Lipinski definition) is 2. The summed E-state index contributed by atoms with van der Waals surface area (Å²) >= 11 is 0. The van der Waals surface area contributed by atoms with E-state index in [-0.39, 0.29) is 6.61 Å². The standard InChI is InChI=1S/C9H15F2NO/c10-9(11)7-13-6-3-8(9)1-4-12-5-2-8/h12H,1-7H2. The van der Waals surface area contributed by atoms with Gasteiger partial charge in [-0.3, -0.25) is 0 Å². The Balaban J connectivity index is 2.16. The number of alkyl halides is 2. The van der Waals surface area contributed by atoms with Gasteiger partial charge in [0.15, 0.2) is 0 Å². The van der Waals surface area contributed by atoms with Gasteiger partial charge in [-0.25, -0.2) is 8.78 Å². The van der Waals surface area contributed by atoms with Crippen molar-refractivity contribution in [2.45, 2.75) is 25.2 Å². The molecule has 2 aliphatic rings. The maximum atomic E-state index is 13.6. The highest BCUT2D eigenvalue weighted by molar-refractivity contribution is 4.97. The first kappa shape index (κ1) is 9.34. The number of ether oxygens (including phenoxy) is 1. The van der Waals surface area contributed by atoms with E-state index in [1.165, 1.54) is 0 Å². The number of piperidine rings is 1. The molecule has 2 fully saturated rings. The molecule has 13 heavy (non-hydrogen) atoms. The fourth-order valence-electron chi connectivity index (χ4n) is 2.32. The highest BCUT2D eigenvalue weighted by Gasteiger charge is 2.55. The normalized spacial score (nSPS) is 31.8. The van der Waals surface area contributed by atoms with E-state index in [0.717, 1.165) is 13.1 Å². The minimum Gasteiger partial charge on any atom is -0.375 e. The molecule has 0 atom stereocenters. The van der Waals surface area contributed by atoms with Crippen molar-refractivity contribution >= 4 is 0 Å². The topological polar surface area (TPSA) is 21.3 Å². The van der Waals surface area contributed by atoms with E-state index in [1.54, 1.807) is 0 Å². The van der Waals surface area contributed by atoms with Crippen molar-refractivity contribution in [2.75, 3.05) is 26.3 Å². The van der Waals surface area contributed by atoms with Crippen molar-refractivity contribution < 1.29 is 13.5 Å². The molecule has 0 aromatic carbocycles. The molecule has 4 heteroatoms. The molecule has 2 rings (SSSR count). The van der Waals surface area contributed by atoms with Crippen molar-refractivity contribution in [3.05, 3.63) is 0 Å². The average molecular weight is 191 g/mol. The summed E-state index contributed by atoms with van der Waals surface area (Å²) in [6.45, 7) is 1.55. The average Bonchev–Trinajstić information content (AvgIpc) is 2.12. The third kappa shape index (κ3) is 1.46. The maximum absolute atomic E-state index is 13.6. The smallest absolute Gasteiger partial charge is 0.276 e. The number of rotatable bonds is 0. The Labute approximate surface area is 76.6 Å². The number of halogens is 2. The first-order chi connectivity index (χ1) is 6.16. The van der Waals surface area contributed by atoms with Crippen molar-refractivity contribution in [3.8, 4) is 0 Å². The van der Waals surface area contributed by atoms with E-state index in [9.17, 15) is 8.78 Å². The molecule has 2 heterocycles. The molecule has 2 aliphatic heterocycles. The zero-order chi connectivity index (χ0) is 9.36. The zero-order valence-electron chi connectivity index (χ0n) is 7.61. The van der Waals surface area contributed by atoms with Crippen molar-refractivity contribution in [1.82, 2.24) is 5.32 Å². The summed E-state index contributed by atoms with van der Waals surface area (Å²) in [5.41, 5.74) is -0.767. The third-order valence-electron chi connectivity index (χ3n) is 3.34. The highest BCUT2D eigenvalue weighted by atomic mass is 19.3. The molecule has 76 valence electrons. The van der Waals surface area contributed by atoms with Gasteiger partial charge in [-0.1, -0.05) is 0 Å². The Hall–Kier alpha value is -0.220. The first-order valence-electron chi connectivity index (χ1n) is 4.83. The van der Waals surface area contributed by atoms with Crippen LogP contribution in [-0.2, 0) is 4.74 Å². The largest absolute Gasteiger partial charge is 0.375 e. The second-order valence-corrected chi connectivity index (χ2v) is 4.04. The fourth-order valence-corrected chi connectivity index (χ4v) is 2.32. The molecule has 1 spiro atoms. The molecule has 0 aliphatic carbocycles. The van der Waals surface area contributed by atoms with Gasteiger partial charge in [-0.15, -0.1) is 0 Å². The third-order valence-corrected chi connectivity index (χ3v) is 3.34. The van der Waals surface area contributed by atoms with Crippen LogP contribution >= 0.6 is 0 Å². The van der Waals surface area contributed by atoms with Gasteiger partial charge in [-0.2, -0.15) is 0 Å². The summed E-state index contributed by atoms with van der Waals surface area (Å²) in [5.74, 6) is -2.62. The van der Waals surface area contributed by atoms with Gasteiger partial charge in [0.25, 0.3) is 5.92 Å². The van der Waals surface area contributed by atoms with Crippen molar-refractivity contribution in [3.63, 3.8) is 0 Å². The molecule has 1 N–H and O–H groups in total. The minimum atomic E-state index is -2.62. The molecular weight excluding hydrogens is 176 g/mol. The molecule has 0 aromatic heterocycles. The van der Waals surface area contributed by atoms with Crippen LogP contribution in [0.3, 0.4) is 0 Å². The molecule has 2 nitrogen and oxygen atoms in total. The predicted octanol–water partition coefficient (Wildman–Crippen LogP) is 1.41. The van der Waals surface area contributed by atoms with Gasteiger partial charge in [0, 0.05) is 12.0 Å². The van der Waals surface area contributed by atoms with Crippen LogP contribution in [0.4, 0.5) is 8.78 Å². The maximum Gasteiger partial charge on any atom is 0.276 e. The molecule has 0 amide bonds. The second kappa shape index (κ2) is 3.17. The summed E-state index contributed by atoms with van der Waals surface area (Å²) in [6, 6.07) is 0. The molecule has 0 aromatic rings. The van der Waals surface area contributed by atoms with Crippen LogP contribution < -0.4 is 5.32 Å². The Morgan fingerprint density at radius 1 is 1.08 bits per heavy atom. The first-order valence-corrected chi connectivity index (χ1v) is 4.83. The summed E-state index contributed by atoms with van der Waals surface area (Å²) < 4.78 is 32.0. The molecule has 0 bridgehead atoms. The Morgan fingerprint density at radius 3 is 2.38 bits per heavy atom. The predicted molar refractivity (Wildman–Crippen MR) is 44.9 cm³/mol. The van der Waals surface area contributed by atoms with E-state index < -0.39 is 11.3 Å². The van der Waals surface area contributed by atoms with Gasteiger partial charge in [-0.05, 0) is 32.4 Å². The lowest BCUT2D eigenvalue weighted by molar-refractivity contribution is -0.213. The van der Waals surface area contributed by atoms with Gasteiger partial charge in [0.1, 0.15) is 6.61 Å². The van der Waals surface area contributed by atoms with Gasteiger partial charge >= 0.3 is 0 Å². The van der Waals surface area contributed by atoms with Crippen LogP contribution in [0.2, 0.25) is 0 Å². The zero-order valence-corrected chi connectivity index (χ0v) is 7.61. The van der Waals surface area contributed by atoms with E-state index >= 15 is 0 Å². The summed E-state index contributed by atoms with van der Waals surface area (Å²) in [4.78, 5) is 0. The monoisotopic (exact) mass is 191 g/mol. The lowest BCUT2D eigenvalue weighted by Gasteiger charge is -2.46. The Kier molecular flexibility index (Phi) is 2.28. The minimum absolute atomic E-state index is 0.382. The molecule has 0 saturated carbocycles. The van der Waals surface area contributed by atoms with Crippen LogP contribution in [0, 0.1) is 5.41 Å². The SMILES string of the molecule is FC1(F)COCCC12CCNCC2. The van der Waals surface area contributed by atoms with E-state index in [0.29, 0.717) is 25.9 Å². The van der Waals surface area contributed by atoms with Crippen molar-refractivity contribution in [1.29, 1.82) is 0 Å². The van der Waals surface area contributed by atoms with Crippen LogP contribution in [-0.4, -0.2) is 32.2 Å². The van der Waals surface area contributed by atoms with E-state index in [2.05, 4.69) is 5.32 Å². The van der Waals surface area contributed by atoms with E-state index in [1.807, 2.05) is 0 Å². The number of nitrogens with one attached hydrogen (secondary N) is 1. The van der Waals surface area contributed by atoms with Crippen molar-refractivity contribution in [2.24, 2.45) is 5.41 Å². The summed E-state index contributed by atoms with van der Waals surface area (Å²) in [7, 11) is 0. The lowest BCUT2D eigenvalue weighted by atomic mass is 9.70. The molecule has 0 unspecified atom stereocenters. The van der Waals surface area contributed by atoms with Gasteiger partial charge < -0.3 is 10.1 Å². The summed E-state index contributed by atoms with van der Waals surface area (Å²) in [5, 5.41) is 3.12. The van der Waals surface area contributed by atoms with Crippen LogP contribution in [0.5, 0.6) is 0 Å². The van der Waals surface area contributed by atoms with Gasteiger partial charge in [0.2, 0.25) is 0 Å². The molecular formula is C9H15F2NO. The van der Waals surface area contributed by atoms with E-state index in [4.69, 9.17) is 4.74 Å². The molecule has 2 saturated heterocycles. The fraction of sp³-hybridized carbons (Fsp3) is 1.00. The number of hydrogen-bond donors (Lipinski definition) is 1. The Morgan fingerprint density at radius 2 is 1.77 bits per heavy atom. The van der Waals surface area contributed by atoms with Crippen LogP contribution in [0.25, 0.3) is 0 Å². The van der Waals surface area contributed by atoms with Crippen LogP contribution in [0.15, 0.2) is 0 Å². The second-order valence-electron chi connectivity index (χ2n) is 4.04. The van der Waals surface area contributed by atoms with Gasteiger partial charge in [0.05, 0.1) is 0 Å². The summed E-state index contributed by atoms with van der Waals surface area (Å²) in [6.07, 6.45) is 1.69.